The quantitative estimate of drug-likeness (QED) is 0.623. The van der Waals surface area contributed by atoms with Crippen molar-refractivity contribution < 1.29 is 24.2 Å². The van der Waals surface area contributed by atoms with Gasteiger partial charge < -0.3 is 19.9 Å². The van der Waals surface area contributed by atoms with Crippen LogP contribution in [0, 0.1) is 22.7 Å². The molecule has 0 unspecified atom stereocenters. The molecule has 0 bridgehead atoms. The minimum Gasteiger partial charge on any atom is -0.508 e. The Kier molecular flexibility index (Phi) is 4.95. The first-order valence-corrected chi connectivity index (χ1v) is 13.1. The summed E-state index contributed by atoms with van der Waals surface area (Å²) in [6.45, 7) is 8.73. The summed E-state index contributed by atoms with van der Waals surface area (Å²) in [6.07, 6.45) is 2.73. The molecule has 2 aliphatic heterocycles. The van der Waals surface area contributed by atoms with Crippen LogP contribution in [-0.2, 0) is 16.0 Å². The van der Waals surface area contributed by atoms with Crippen molar-refractivity contribution in [1.29, 1.82) is 0 Å². The van der Waals surface area contributed by atoms with E-state index in [1.165, 1.54) is 0 Å². The normalized spacial score (nSPS) is 36.1. The fourth-order valence-electron chi connectivity index (χ4n) is 8.01. The van der Waals surface area contributed by atoms with E-state index in [9.17, 15) is 14.7 Å². The van der Waals surface area contributed by atoms with Crippen molar-refractivity contribution in [2.45, 2.75) is 71.1 Å². The predicted molar refractivity (Wildman–Crippen MR) is 135 cm³/mol. The number of fused-ring (bicyclic) bond motifs is 3. The van der Waals surface area contributed by atoms with Gasteiger partial charge in [-0.3, -0.25) is 9.59 Å². The highest BCUT2D eigenvalue weighted by Crippen LogP contribution is 2.66. The van der Waals surface area contributed by atoms with E-state index in [0.717, 1.165) is 36.1 Å². The Bertz CT molecular complexity index is 1280. The molecule has 4 aliphatic rings. The molecule has 190 valence electrons. The van der Waals surface area contributed by atoms with Crippen LogP contribution in [0.1, 0.15) is 80.0 Å². The number of benzene rings is 2. The third-order valence-electron chi connectivity index (χ3n) is 10.3. The number of hydrogen-bond donors (Lipinski definition) is 2. The van der Waals surface area contributed by atoms with Gasteiger partial charge in [-0.05, 0) is 42.9 Å². The zero-order valence-electron chi connectivity index (χ0n) is 21.7. The SMILES string of the molecule is CO[C@@H]1C[C@@]23Oc4c(ccc5c4[C@@H](c4ccccc4O)NC5=O)C[C@]2(C)[C@@H](C)CC[C@H]3C(C)(C)C1=O. The molecule has 6 heteroatoms. The number of para-hydroxylation sites is 1. The minimum atomic E-state index is -0.611. The summed E-state index contributed by atoms with van der Waals surface area (Å²) in [5, 5.41) is 13.7. The summed E-state index contributed by atoms with van der Waals surface area (Å²) >= 11 is 0. The lowest BCUT2D eigenvalue weighted by atomic mass is 9.43. The molecule has 0 saturated heterocycles. The number of carbonyl (C=O) groups is 2. The Labute approximate surface area is 212 Å². The molecule has 2 heterocycles. The van der Waals surface area contributed by atoms with Crippen LogP contribution in [0.25, 0.3) is 0 Å². The van der Waals surface area contributed by atoms with Crippen molar-refractivity contribution in [3.05, 3.63) is 58.7 Å². The van der Waals surface area contributed by atoms with Gasteiger partial charge in [0.05, 0.1) is 6.04 Å². The third kappa shape index (κ3) is 2.82. The van der Waals surface area contributed by atoms with Gasteiger partial charge in [-0.1, -0.05) is 52.0 Å². The van der Waals surface area contributed by atoms with Crippen LogP contribution in [0.2, 0.25) is 0 Å². The second kappa shape index (κ2) is 7.58. The maximum Gasteiger partial charge on any atom is 0.252 e. The Morgan fingerprint density at radius 1 is 1.08 bits per heavy atom. The van der Waals surface area contributed by atoms with Crippen molar-refractivity contribution in [2.75, 3.05) is 7.11 Å². The zero-order valence-corrected chi connectivity index (χ0v) is 21.7. The second-order valence-electron chi connectivity index (χ2n) is 12.1. The molecule has 36 heavy (non-hydrogen) atoms. The lowest BCUT2D eigenvalue weighted by molar-refractivity contribution is -0.226. The summed E-state index contributed by atoms with van der Waals surface area (Å²) < 4.78 is 13.1. The predicted octanol–water partition coefficient (Wildman–Crippen LogP) is 4.97. The molecule has 6 atom stereocenters. The van der Waals surface area contributed by atoms with Gasteiger partial charge in [0.25, 0.3) is 5.91 Å². The van der Waals surface area contributed by atoms with Gasteiger partial charge in [0, 0.05) is 47.0 Å². The van der Waals surface area contributed by atoms with Gasteiger partial charge in [-0.2, -0.15) is 0 Å². The van der Waals surface area contributed by atoms with E-state index in [1.54, 1.807) is 19.2 Å². The number of carbonyl (C=O) groups excluding carboxylic acids is 2. The van der Waals surface area contributed by atoms with E-state index in [2.05, 4.69) is 19.2 Å². The summed E-state index contributed by atoms with van der Waals surface area (Å²) in [5.41, 5.74) is 1.69. The van der Waals surface area contributed by atoms with Crippen LogP contribution >= 0.6 is 0 Å². The number of methoxy groups -OCH3 is 1. The number of hydrogen-bond acceptors (Lipinski definition) is 5. The molecular weight excluding hydrogens is 454 g/mol. The van der Waals surface area contributed by atoms with Crippen molar-refractivity contribution in [3.8, 4) is 11.5 Å². The van der Waals surface area contributed by atoms with Crippen LogP contribution in [0.4, 0.5) is 0 Å². The molecule has 2 saturated carbocycles. The first-order valence-electron chi connectivity index (χ1n) is 13.1. The molecule has 2 fully saturated rings. The van der Waals surface area contributed by atoms with E-state index < -0.39 is 23.2 Å². The monoisotopic (exact) mass is 489 g/mol. The fourth-order valence-corrected chi connectivity index (χ4v) is 8.01. The van der Waals surface area contributed by atoms with Crippen LogP contribution in [0.5, 0.6) is 11.5 Å². The highest BCUT2D eigenvalue weighted by atomic mass is 16.5. The molecular formula is C30H35NO5. The van der Waals surface area contributed by atoms with Crippen LogP contribution < -0.4 is 10.1 Å². The number of phenols is 1. The van der Waals surface area contributed by atoms with E-state index in [0.29, 0.717) is 23.5 Å². The largest absolute Gasteiger partial charge is 0.508 e. The number of rotatable bonds is 2. The summed E-state index contributed by atoms with van der Waals surface area (Å²) in [6, 6.07) is 10.5. The maximum atomic E-state index is 13.5. The molecule has 6 rings (SSSR count). The average molecular weight is 490 g/mol. The number of ether oxygens (including phenoxy) is 2. The summed E-state index contributed by atoms with van der Waals surface area (Å²) in [7, 11) is 1.62. The van der Waals surface area contributed by atoms with Crippen LogP contribution in [0.3, 0.4) is 0 Å². The van der Waals surface area contributed by atoms with E-state index >= 15 is 0 Å². The van der Waals surface area contributed by atoms with E-state index in [4.69, 9.17) is 9.47 Å². The topological polar surface area (TPSA) is 84.9 Å². The Hall–Kier alpha value is -2.86. The van der Waals surface area contributed by atoms with Gasteiger partial charge in [0.2, 0.25) is 0 Å². The highest BCUT2D eigenvalue weighted by molar-refractivity contribution is 6.01. The second-order valence-corrected chi connectivity index (χ2v) is 12.1. The number of amides is 1. The van der Waals surface area contributed by atoms with E-state index in [1.807, 2.05) is 38.1 Å². The van der Waals surface area contributed by atoms with Crippen molar-refractivity contribution >= 4 is 11.7 Å². The summed E-state index contributed by atoms with van der Waals surface area (Å²) in [5.74, 6) is 1.27. The zero-order chi connectivity index (χ0) is 25.6. The van der Waals surface area contributed by atoms with Gasteiger partial charge in [0.1, 0.15) is 23.2 Å². The summed E-state index contributed by atoms with van der Waals surface area (Å²) in [4.78, 5) is 26.5. The Balaban J connectivity index is 1.58. The molecule has 2 aliphatic carbocycles. The molecule has 2 aromatic rings. The number of nitrogens with one attached hydrogen (secondary N) is 1. The fraction of sp³-hybridized carbons (Fsp3) is 0.533. The molecule has 0 radical (unpaired) electrons. The maximum absolute atomic E-state index is 13.5. The number of ketones is 1. The standard InChI is InChI=1S/C30H35NO5/c1-16-10-13-22-28(2,3)26(33)21(35-5)15-30(22)29(16,4)14-17-11-12-19-23(25(17)36-30)24(31-27(19)34)18-8-6-7-9-20(18)32/h6-9,11-12,16,21-22,24,32H,10,13-15H2,1-5H3,(H,31,34)/t16-,21+,22-,24+,29+,30-/m0/s1. The third-order valence-corrected chi connectivity index (χ3v) is 10.3. The van der Waals surface area contributed by atoms with Crippen molar-refractivity contribution in [1.82, 2.24) is 5.32 Å². The van der Waals surface area contributed by atoms with Gasteiger partial charge >= 0.3 is 0 Å². The molecule has 2 N–H and O–H groups in total. The lowest BCUT2D eigenvalue weighted by Gasteiger charge is -2.66. The molecule has 1 spiro atoms. The smallest absolute Gasteiger partial charge is 0.252 e. The van der Waals surface area contributed by atoms with Gasteiger partial charge in [-0.15, -0.1) is 0 Å². The van der Waals surface area contributed by atoms with Crippen molar-refractivity contribution in [2.24, 2.45) is 22.7 Å². The lowest BCUT2D eigenvalue weighted by Crippen LogP contribution is -2.72. The first kappa shape index (κ1) is 23.5. The van der Waals surface area contributed by atoms with Crippen molar-refractivity contribution in [3.63, 3.8) is 0 Å². The molecule has 1 amide bonds. The molecule has 0 aromatic heterocycles. The van der Waals surface area contributed by atoms with Gasteiger partial charge in [0.15, 0.2) is 5.78 Å². The molecule has 2 aromatic carbocycles. The van der Waals surface area contributed by atoms with E-state index in [-0.39, 0.29) is 28.8 Å². The average Bonchev–Trinajstić information content (AvgIpc) is 3.18. The Morgan fingerprint density at radius 3 is 2.56 bits per heavy atom. The van der Waals surface area contributed by atoms with Crippen LogP contribution in [-0.4, -0.2) is 35.6 Å². The number of phenolic OH excluding ortho intramolecular Hbond substituents is 1. The van der Waals surface area contributed by atoms with Gasteiger partial charge in [-0.25, -0.2) is 0 Å². The Morgan fingerprint density at radius 2 is 1.83 bits per heavy atom. The number of aromatic hydroxyl groups is 1. The number of Topliss-reactive ketones (excluding diaryl/α,β-unsaturated/α-hetero) is 1. The first-order chi connectivity index (χ1) is 17.0. The molecule has 6 nitrogen and oxygen atoms in total. The minimum absolute atomic E-state index is 0.0303. The highest BCUT2D eigenvalue weighted by Gasteiger charge is 2.70. The van der Waals surface area contributed by atoms with Crippen LogP contribution in [0.15, 0.2) is 36.4 Å².